The van der Waals surface area contributed by atoms with Crippen molar-refractivity contribution in [3.63, 3.8) is 0 Å². The van der Waals surface area contributed by atoms with Gasteiger partial charge < -0.3 is 10.6 Å². The molecule has 0 aromatic heterocycles. The molecule has 0 saturated carbocycles. The average molecular weight is 282 g/mol. The third-order valence-corrected chi connectivity index (χ3v) is 4.91. The first kappa shape index (κ1) is 14.0. The Labute approximate surface area is 113 Å². The lowest BCUT2D eigenvalue weighted by atomic mass is 10.1. The number of anilines is 1. The van der Waals surface area contributed by atoms with Crippen LogP contribution in [0.25, 0.3) is 0 Å². The van der Waals surface area contributed by atoms with Gasteiger partial charge in [0.25, 0.3) is 0 Å². The highest BCUT2D eigenvalue weighted by molar-refractivity contribution is 7.91. The Hall–Kier alpha value is -1.40. The zero-order chi connectivity index (χ0) is 13.9. The first-order chi connectivity index (χ1) is 8.96. The molecule has 1 heterocycles. The van der Waals surface area contributed by atoms with Gasteiger partial charge in [0.15, 0.2) is 9.84 Å². The highest BCUT2D eigenvalue weighted by Gasteiger charge is 2.27. The lowest BCUT2D eigenvalue weighted by Gasteiger charge is -2.14. The molecule has 1 fully saturated rings. The fraction of sp³-hybridized carbons (Fsp3) is 0.462. The first-order valence-electron chi connectivity index (χ1n) is 6.25. The Morgan fingerprint density at radius 2 is 2.11 bits per heavy atom. The highest BCUT2D eigenvalue weighted by Crippen LogP contribution is 2.17. The molecule has 104 valence electrons. The van der Waals surface area contributed by atoms with Gasteiger partial charge in [-0.25, -0.2) is 8.42 Å². The number of amides is 1. The van der Waals surface area contributed by atoms with Crippen molar-refractivity contribution in [3.8, 4) is 0 Å². The first-order valence-corrected chi connectivity index (χ1v) is 8.08. The summed E-state index contributed by atoms with van der Waals surface area (Å²) in [6.45, 7) is 2.02. The van der Waals surface area contributed by atoms with E-state index in [0.717, 1.165) is 11.3 Å². The Morgan fingerprint density at radius 1 is 1.37 bits per heavy atom. The van der Waals surface area contributed by atoms with E-state index in [2.05, 4.69) is 10.6 Å². The highest BCUT2D eigenvalue weighted by atomic mass is 32.2. The van der Waals surface area contributed by atoms with E-state index in [0.29, 0.717) is 13.0 Å². The Kier molecular flexibility index (Phi) is 4.21. The summed E-state index contributed by atoms with van der Waals surface area (Å²) < 4.78 is 22.7. The SMILES string of the molecule is CC(=O)Nc1ccccc1CNC1CCS(=O)(=O)C1. The summed E-state index contributed by atoms with van der Waals surface area (Å²) in [6.07, 6.45) is 0.657. The van der Waals surface area contributed by atoms with Crippen molar-refractivity contribution in [2.75, 3.05) is 16.8 Å². The molecule has 6 heteroatoms. The van der Waals surface area contributed by atoms with Crippen LogP contribution >= 0.6 is 0 Å². The number of benzene rings is 1. The number of carbonyl (C=O) groups excluding carboxylic acids is 1. The van der Waals surface area contributed by atoms with Crippen LogP contribution in [0, 0.1) is 0 Å². The van der Waals surface area contributed by atoms with Crippen LogP contribution in [0.2, 0.25) is 0 Å². The number of hydrogen-bond acceptors (Lipinski definition) is 4. The largest absolute Gasteiger partial charge is 0.326 e. The summed E-state index contributed by atoms with van der Waals surface area (Å²) in [5, 5.41) is 6.00. The fourth-order valence-electron chi connectivity index (χ4n) is 2.20. The number of sulfone groups is 1. The zero-order valence-electron chi connectivity index (χ0n) is 10.8. The molecular formula is C13H18N2O3S. The maximum absolute atomic E-state index is 11.4. The number of nitrogens with one attached hydrogen (secondary N) is 2. The summed E-state index contributed by atoms with van der Waals surface area (Å²) >= 11 is 0. The summed E-state index contributed by atoms with van der Waals surface area (Å²) in [5.74, 6) is 0.351. The second-order valence-electron chi connectivity index (χ2n) is 4.82. The van der Waals surface area contributed by atoms with Gasteiger partial charge in [-0.05, 0) is 18.1 Å². The Balaban J connectivity index is 1.98. The molecule has 1 saturated heterocycles. The lowest BCUT2D eigenvalue weighted by molar-refractivity contribution is -0.114. The molecule has 1 aromatic carbocycles. The third kappa shape index (κ3) is 4.04. The van der Waals surface area contributed by atoms with Crippen LogP contribution in [0.3, 0.4) is 0 Å². The topological polar surface area (TPSA) is 75.3 Å². The molecule has 0 aliphatic carbocycles. The molecule has 0 spiro atoms. The van der Waals surface area contributed by atoms with Crippen LogP contribution in [0.5, 0.6) is 0 Å². The maximum Gasteiger partial charge on any atom is 0.221 e. The van der Waals surface area contributed by atoms with Crippen molar-refractivity contribution < 1.29 is 13.2 Å². The monoisotopic (exact) mass is 282 g/mol. The van der Waals surface area contributed by atoms with Gasteiger partial charge in [-0.2, -0.15) is 0 Å². The van der Waals surface area contributed by atoms with Gasteiger partial charge in [0.2, 0.25) is 5.91 Å². The molecule has 0 bridgehead atoms. The molecular weight excluding hydrogens is 264 g/mol. The van der Waals surface area contributed by atoms with Gasteiger partial charge >= 0.3 is 0 Å². The molecule has 19 heavy (non-hydrogen) atoms. The van der Waals surface area contributed by atoms with Crippen molar-refractivity contribution in [1.82, 2.24) is 5.32 Å². The van der Waals surface area contributed by atoms with E-state index in [1.165, 1.54) is 6.92 Å². The van der Waals surface area contributed by atoms with Crippen LogP contribution in [0.4, 0.5) is 5.69 Å². The predicted octanol–water partition coefficient (Wildman–Crippen LogP) is 0.922. The van der Waals surface area contributed by atoms with E-state index in [9.17, 15) is 13.2 Å². The third-order valence-electron chi connectivity index (χ3n) is 3.14. The zero-order valence-corrected chi connectivity index (χ0v) is 11.7. The van der Waals surface area contributed by atoms with E-state index in [1.807, 2.05) is 24.3 Å². The summed E-state index contributed by atoms with van der Waals surface area (Å²) in [7, 11) is -2.86. The van der Waals surface area contributed by atoms with Crippen molar-refractivity contribution in [1.29, 1.82) is 0 Å². The Bertz CT molecular complexity index is 569. The van der Waals surface area contributed by atoms with E-state index in [1.54, 1.807) is 0 Å². The minimum atomic E-state index is -2.86. The van der Waals surface area contributed by atoms with E-state index in [4.69, 9.17) is 0 Å². The van der Waals surface area contributed by atoms with Gasteiger partial charge in [0, 0.05) is 25.2 Å². The quantitative estimate of drug-likeness (QED) is 0.861. The molecule has 1 unspecified atom stereocenters. The average Bonchev–Trinajstić information content (AvgIpc) is 2.67. The molecule has 1 aliphatic rings. The molecule has 0 radical (unpaired) electrons. The van der Waals surface area contributed by atoms with E-state index in [-0.39, 0.29) is 23.5 Å². The standard InChI is InChI=1S/C13H18N2O3S/c1-10(16)15-13-5-3-2-4-11(13)8-14-12-6-7-19(17,18)9-12/h2-5,12,14H,6-9H2,1H3,(H,15,16). The van der Waals surface area contributed by atoms with Gasteiger partial charge in [-0.3, -0.25) is 4.79 Å². The Morgan fingerprint density at radius 3 is 2.74 bits per heavy atom. The lowest BCUT2D eigenvalue weighted by Crippen LogP contribution is -2.29. The van der Waals surface area contributed by atoms with Gasteiger partial charge in [0.05, 0.1) is 11.5 Å². The molecule has 2 N–H and O–H groups in total. The van der Waals surface area contributed by atoms with Crippen molar-refractivity contribution in [2.24, 2.45) is 0 Å². The van der Waals surface area contributed by atoms with Crippen LogP contribution < -0.4 is 10.6 Å². The molecule has 5 nitrogen and oxygen atoms in total. The summed E-state index contributed by atoms with van der Waals surface area (Å²) in [5.41, 5.74) is 1.73. The molecule has 1 atom stereocenters. The van der Waals surface area contributed by atoms with Gasteiger partial charge in [0.1, 0.15) is 0 Å². The smallest absolute Gasteiger partial charge is 0.221 e. The summed E-state index contributed by atoms with van der Waals surface area (Å²) in [4.78, 5) is 11.1. The number of rotatable bonds is 4. The van der Waals surface area contributed by atoms with E-state index >= 15 is 0 Å². The second kappa shape index (κ2) is 5.71. The van der Waals surface area contributed by atoms with Crippen molar-refractivity contribution in [3.05, 3.63) is 29.8 Å². The molecule has 1 aromatic rings. The number of para-hydroxylation sites is 1. The van der Waals surface area contributed by atoms with Crippen LogP contribution in [0.1, 0.15) is 18.9 Å². The predicted molar refractivity (Wildman–Crippen MR) is 74.6 cm³/mol. The van der Waals surface area contributed by atoms with Crippen molar-refractivity contribution >= 4 is 21.4 Å². The van der Waals surface area contributed by atoms with Crippen LogP contribution in [-0.2, 0) is 21.2 Å². The minimum absolute atomic E-state index is 0.00961. The number of carbonyl (C=O) groups is 1. The van der Waals surface area contributed by atoms with E-state index < -0.39 is 9.84 Å². The maximum atomic E-state index is 11.4. The van der Waals surface area contributed by atoms with Crippen LogP contribution in [0.15, 0.2) is 24.3 Å². The molecule has 2 rings (SSSR count). The normalized spacial score (nSPS) is 21.2. The van der Waals surface area contributed by atoms with Crippen molar-refractivity contribution in [2.45, 2.75) is 25.9 Å². The molecule has 1 amide bonds. The molecule has 1 aliphatic heterocycles. The fourth-order valence-corrected chi connectivity index (χ4v) is 3.90. The second-order valence-corrected chi connectivity index (χ2v) is 7.05. The summed E-state index contributed by atoms with van der Waals surface area (Å²) in [6, 6.07) is 7.52. The van der Waals surface area contributed by atoms with Crippen LogP contribution in [-0.4, -0.2) is 31.9 Å². The van der Waals surface area contributed by atoms with Gasteiger partial charge in [-0.1, -0.05) is 18.2 Å². The number of hydrogen-bond donors (Lipinski definition) is 2. The van der Waals surface area contributed by atoms with Gasteiger partial charge in [-0.15, -0.1) is 0 Å². The minimum Gasteiger partial charge on any atom is -0.326 e.